The number of carboxylic acid groups (broad SMARTS) is 1. The Kier molecular flexibility index (Phi) is 6.64. The molecule has 2 aliphatic rings. The van der Waals surface area contributed by atoms with Gasteiger partial charge in [-0.1, -0.05) is 84.9 Å². The molecular formula is C29H27N3O4. The van der Waals surface area contributed by atoms with Gasteiger partial charge in [0.05, 0.1) is 11.8 Å². The molecule has 3 aromatic carbocycles. The maximum absolute atomic E-state index is 13.4. The van der Waals surface area contributed by atoms with Gasteiger partial charge in [0.1, 0.15) is 6.04 Å². The molecular weight excluding hydrogens is 454 g/mol. The zero-order chi connectivity index (χ0) is 25.1. The molecule has 0 saturated carbocycles. The molecule has 5 rings (SSSR count). The smallest absolute Gasteiger partial charge is 0.321 e. The maximum Gasteiger partial charge on any atom is 0.321 e. The van der Waals surface area contributed by atoms with E-state index in [9.17, 15) is 19.5 Å². The number of rotatable bonds is 8. The first-order valence-corrected chi connectivity index (χ1v) is 12.0. The molecule has 2 heterocycles. The fraction of sp³-hybridized carbons (Fsp3) is 0.207. The third kappa shape index (κ3) is 4.65. The number of benzene rings is 3. The molecule has 2 saturated heterocycles. The van der Waals surface area contributed by atoms with Crippen molar-refractivity contribution in [2.45, 2.75) is 12.1 Å². The van der Waals surface area contributed by atoms with Gasteiger partial charge in [-0.25, -0.2) is 0 Å². The van der Waals surface area contributed by atoms with E-state index < -0.39 is 35.8 Å². The standard InChI is InChI=1S/C29H27N3O4/c33-27-23-24(28(34)32(27)18-17-30-22-9-5-2-6-10-22)26(29(35)36)31-25(23)21-15-13-20(14-16-21)12-11-19-7-3-1-4-8-19/h1-16,23-26,30-31H,17-18H2,(H,35,36)/b12-11+. The first-order chi connectivity index (χ1) is 17.5. The molecule has 2 aliphatic heterocycles. The summed E-state index contributed by atoms with van der Waals surface area (Å²) in [7, 11) is 0. The highest BCUT2D eigenvalue weighted by Crippen LogP contribution is 2.44. The van der Waals surface area contributed by atoms with E-state index >= 15 is 0 Å². The second-order valence-corrected chi connectivity index (χ2v) is 9.04. The zero-order valence-corrected chi connectivity index (χ0v) is 19.6. The van der Waals surface area contributed by atoms with Gasteiger partial charge in [0.15, 0.2) is 0 Å². The lowest BCUT2D eigenvalue weighted by Gasteiger charge is -2.22. The zero-order valence-electron chi connectivity index (χ0n) is 19.6. The molecule has 4 unspecified atom stereocenters. The lowest BCUT2D eigenvalue weighted by molar-refractivity contribution is -0.146. The van der Waals surface area contributed by atoms with Crippen LogP contribution in [0.1, 0.15) is 22.7 Å². The summed E-state index contributed by atoms with van der Waals surface area (Å²) < 4.78 is 0. The van der Waals surface area contributed by atoms with Crippen molar-refractivity contribution in [1.82, 2.24) is 10.2 Å². The van der Waals surface area contributed by atoms with Crippen LogP contribution in [0.2, 0.25) is 0 Å². The van der Waals surface area contributed by atoms with Crippen LogP contribution < -0.4 is 10.6 Å². The van der Waals surface area contributed by atoms with Crippen LogP contribution in [-0.4, -0.2) is 46.9 Å². The Balaban J connectivity index is 1.32. The van der Waals surface area contributed by atoms with Crippen LogP contribution in [0.4, 0.5) is 5.69 Å². The number of hydrogen-bond donors (Lipinski definition) is 3. The summed E-state index contributed by atoms with van der Waals surface area (Å²) in [4.78, 5) is 39.7. The third-order valence-electron chi connectivity index (χ3n) is 6.83. The lowest BCUT2D eigenvalue weighted by atomic mass is 9.86. The normalized spacial score (nSPS) is 23.3. The predicted molar refractivity (Wildman–Crippen MR) is 138 cm³/mol. The highest BCUT2D eigenvalue weighted by atomic mass is 16.4. The number of para-hydroxylation sites is 1. The average Bonchev–Trinajstić information content (AvgIpc) is 3.42. The number of nitrogens with one attached hydrogen (secondary N) is 2. The summed E-state index contributed by atoms with van der Waals surface area (Å²) in [5.74, 6) is -3.55. The van der Waals surface area contributed by atoms with Gasteiger partial charge in [-0.15, -0.1) is 0 Å². The number of nitrogens with zero attached hydrogens (tertiary/aromatic N) is 1. The summed E-state index contributed by atoms with van der Waals surface area (Å²) in [5, 5.41) is 16.0. The molecule has 7 nitrogen and oxygen atoms in total. The van der Waals surface area contributed by atoms with E-state index in [1.807, 2.05) is 97.1 Å². The van der Waals surface area contributed by atoms with E-state index in [1.54, 1.807) is 0 Å². The number of hydrogen-bond acceptors (Lipinski definition) is 5. The number of likely N-dealkylation sites (tertiary alicyclic amines) is 1. The minimum atomic E-state index is -1.12. The molecule has 182 valence electrons. The lowest BCUT2D eigenvalue weighted by Crippen LogP contribution is -2.44. The quantitative estimate of drug-likeness (QED) is 0.336. The van der Waals surface area contributed by atoms with E-state index in [0.717, 1.165) is 22.4 Å². The Bertz CT molecular complexity index is 1270. The van der Waals surface area contributed by atoms with Gasteiger partial charge in [-0.2, -0.15) is 0 Å². The largest absolute Gasteiger partial charge is 0.480 e. The van der Waals surface area contributed by atoms with Crippen molar-refractivity contribution >= 4 is 35.6 Å². The number of carbonyl (C=O) groups is 3. The molecule has 0 spiro atoms. The molecule has 0 aliphatic carbocycles. The monoisotopic (exact) mass is 481 g/mol. The number of aliphatic carboxylic acids is 1. The van der Waals surface area contributed by atoms with Crippen molar-refractivity contribution in [2.24, 2.45) is 11.8 Å². The molecule has 0 bridgehead atoms. The minimum Gasteiger partial charge on any atom is -0.480 e. The van der Waals surface area contributed by atoms with Crippen LogP contribution in [0, 0.1) is 11.8 Å². The van der Waals surface area contributed by atoms with Crippen molar-refractivity contribution in [3.8, 4) is 0 Å². The first-order valence-electron chi connectivity index (χ1n) is 12.0. The van der Waals surface area contributed by atoms with E-state index in [1.165, 1.54) is 4.90 Å². The maximum atomic E-state index is 13.4. The molecule has 2 fully saturated rings. The van der Waals surface area contributed by atoms with E-state index in [-0.39, 0.29) is 12.5 Å². The first kappa shape index (κ1) is 23.5. The Morgan fingerprint density at radius 2 is 1.42 bits per heavy atom. The Morgan fingerprint density at radius 3 is 2.06 bits per heavy atom. The van der Waals surface area contributed by atoms with Crippen LogP contribution in [0.5, 0.6) is 0 Å². The van der Waals surface area contributed by atoms with Crippen LogP contribution in [0.25, 0.3) is 12.2 Å². The molecule has 4 atom stereocenters. The molecule has 0 radical (unpaired) electrons. The average molecular weight is 482 g/mol. The molecule has 3 N–H and O–H groups in total. The number of fused-ring (bicyclic) bond motifs is 1. The van der Waals surface area contributed by atoms with Crippen LogP contribution >= 0.6 is 0 Å². The number of amides is 2. The van der Waals surface area contributed by atoms with Gasteiger partial charge in [-0.3, -0.25) is 24.6 Å². The number of carboxylic acids is 1. The highest BCUT2D eigenvalue weighted by molar-refractivity contribution is 6.08. The second-order valence-electron chi connectivity index (χ2n) is 9.04. The van der Waals surface area contributed by atoms with Gasteiger partial charge in [0.2, 0.25) is 11.8 Å². The summed E-state index contributed by atoms with van der Waals surface area (Å²) in [6, 6.07) is 25.5. The van der Waals surface area contributed by atoms with Crippen LogP contribution in [0.3, 0.4) is 0 Å². The van der Waals surface area contributed by atoms with Crippen molar-refractivity contribution < 1.29 is 19.5 Å². The Hall–Kier alpha value is -4.23. The summed E-state index contributed by atoms with van der Waals surface area (Å²) in [5.41, 5.74) is 3.75. The van der Waals surface area contributed by atoms with E-state index in [0.29, 0.717) is 6.54 Å². The van der Waals surface area contributed by atoms with Crippen molar-refractivity contribution in [2.75, 3.05) is 18.4 Å². The third-order valence-corrected chi connectivity index (χ3v) is 6.83. The fourth-order valence-electron chi connectivity index (χ4n) is 5.06. The van der Waals surface area contributed by atoms with Crippen LogP contribution in [-0.2, 0) is 14.4 Å². The fourth-order valence-corrected chi connectivity index (χ4v) is 5.06. The Morgan fingerprint density at radius 1 is 0.833 bits per heavy atom. The molecule has 3 aromatic rings. The number of imide groups is 1. The summed E-state index contributed by atoms with van der Waals surface area (Å²) in [6.45, 7) is 0.570. The Labute approximate surface area is 209 Å². The van der Waals surface area contributed by atoms with E-state index in [2.05, 4.69) is 10.6 Å². The highest BCUT2D eigenvalue weighted by Gasteiger charge is 2.60. The predicted octanol–water partition coefficient (Wildman–Crippen LogP) is 3.67. The molecule has 0 aromatic heterocycles. The molecule has 2 amide bonds. The van der Waals surface area contributed by atoms with Gasteiger partial charge >= 0.3 is 5.97 Å². The van der Waals surface area contributed by atoms with Crippen molar-refractivity contribution in [1.29, 1.82) is 0 Å². The van der Waals surface area contributed by atoms with Gasteiger partial charge < -0.3 is 10.4 Å². The topological polar surface area (TPSA) is 98.7 Å². The summed E-state index contributed by atoms with van der Waals surface area (Å²) >= 11 is 0. The van der Waals surface area contributed by atoms with E-state index in [4.69, 9.17) is 0 Å². The van der Waals surface area contributed by atoms with Crippen molar-refractivity contribution in [3.63, 3.8) is 0 Å². The number of anilines is 1. The van der Waals surface area contributed by atoms with Gasteiger partial charge in [0, 0.05) is 24.8 Å². The number of carbonyl (C=O) groups excluding carboxylic acids is 2. The minimum absolute atomic E-state index is 0.182. The SMILES string of the molecule is O=C(O)C1NC(c2ccc(/C=C/c3ccccc3)cc2)C2C(=O)N(CCNc3ccccc3)C(=O)C12. The van der Waals surface area contributed by atoms with Crippen molar-refractivity contribution in [3.05, 3.63) is 102 Å². The van der Waals surface area contributed by atoms with Gasteiger partial charge in [-0.05, 0) is 28.8 Å². The van der Waals surface area contributed by atoms with Crippen LogP contribution in [0.15, 0.2) is 84.9 Å². The second kappa shape index (κ2) is 10.2. The summed E-state index contributed by atoms with van der Waals surface area (Å²) in [6.07, 6.45) is 4.01. The molecule has 7 heteroatoms. The molecule has 36 heavy (non-hydrogen) atoms. The van der Waals surface area contributed by atoms with Gasteiger partial charge in [0.25, 0.3) is 0 Å².